The summed E-state index contributed by atoms with van der Waals surface area (Å²) in [6.07, 6.45) is 2.56. The summed E-state index contributed by atoms with van der Waals surface area (Å²) in [5.41, 5.74) is 0. The van der Waals surface area contributed by atoms with Gasteiger partial charge in [-0.05, 0) is 21.0 Å². The molecule has 2 N–H and O–H groups in total. The molecule has 0 rings (SSSR count). The Kier molecular flexibility index (Phi) is 24.7. The second-order valence-electron chi connectivity index (χ2n) is 0.982. The van der Waals surface area contributed by atoms with Crippen molar-refractivity contribution in [2.24, 2.45) is 0 Å². The van der Waals surface area contributed by atoms with E-state index in [1.807, 2.05) is 14.1 Å². The minimum atomic E-state index is 1.00. The number of aliphatic hydroxyl groups is 1. The molecule has 0 radical (unpaired) electrons. The van der Waals surface area contributed by atoms with Crippen LogP contribution in [0.4, 0.5) is 0 Å². The summed E-state index contributed by atoms with van der Waals surface area (Å²) in [7, 11) is 3.75. The van der Waals surface area contributed by atoms with Crippen molar-refractivity contribution in [3.63, 3.8) is 0 Å². The fourth-order valence-electron chi connectivity index (χ4n) is 0. The third-order valence-electron chi connectivity index (χ3n) is 0.149. The molecule has 0 spiro atoms. The van der Waals surface area contributed by atoms with E-state index in [1.54, 1.807) is 13.0 Å². The maximum atomic E-state index is 7.69. The normalized spacial score (nSPS) is 7.86. The quantitative estimate of drug-likeness (QED) is 0.447. The van der Waals surface area contributed by atoms with Gasteiger partial charge in [-0.1, -0.05) is 6.08 Å². The highest BCUT2D eigenvalue weighted by molar-refractivity contribution is 4.60. The summed E-state index contributed by atoms with van der Waals surface area (Å²) in [5.74, 6) is 0. The van der Waals surface area contributed by atoms with Gasteiger partial charge in [0.25, 0.3) is 0 Å². The molecule has 0 aromatic carbocycles. The standard InChI is InChI=1S/C3H6O.C2H7N/c1-2-3-4;1-3-2/h2-4H,1H3;3H,1-2H3. The van der Waals surface area contributed by atoms with Crippen LogP contribution >= 0.6 is 0 Å². The summed E-state index contributed by atoms with van der Waals surface area (Å²) < 4.78 is 0. The Balaban J connectivity index is 0. The van der Waals surface area contributed by atoms with Crippen molar-refractivity contribution in [2.75, 3.05) is 14.1 Å². The summed E-state index contributed by atoms with van der Waals surface area (Å²) in [4.78, 5) is 0. The maximum Gasteiger partial charge on any atom is 0.0748 e. The molecule has 0 aliphatic heterocycles. The molecule has 2 nitrogen and oxygen atoms in total. The number of nitrogens with one attached hydrogen (secondary N) is 1. The van der Waals surface area contributed by atoms with Crippen molar-refractivity contribution < 1.29 is 5.11 Å². The molecule has 0 amide bonds. The molecule has 2 heteroatoms. The molecule has 0 atom stereocenters. The Morgan fingerprint density at radius 2 is 1.57 bits per heavy atom. The first-order chi connectivity index (χ1) is 3.33. The van der Waals surface area contributed by atoms with Crippen LogP contribution < -0.4 is 5.32 Å². The Labute approximate surface area is 44.9 Å². The molecule has 0 aliphatic rings. The van der Waals surface area contributed by atoms with E-state index in [-0.39, 0.29) is 0 Å². The van der Waals surface area contributed by atoms with E-state index in [1.165, 1.54) is 0 Å². The van der Waals surface area contributed by atoms with Crippen molar-refractivity contribution in [3.05, 3.63) is 12.3 Å². The van der Waals surface area contributed by atoms with Gasteiger partial charge in [0.1, 0.15) is 0 Å². The summed E-state index contributed by atoms with van der Waals surface area (Å²) >= 11 is 0. The molecular weight excluding hydrogens is 90.1 g/mol. The third kappa shape index (κ3) is 270. The minimum Gasteiger partial charge on any atom is -0.516 e. The lowest BCUT2D eigenvalue weighted by molar-refractivity contribution is 0.472. The van der Waals surface area contributed by atoms with Crippen LogP contribution in [0.15, 0.2) is 12.3 Å². The lowest BCUT2D eigenvalue weighted by Crippen LogP contribution is -1.89. The van der Waals surface area contributed by atoms with Crippen LogP contribution in [0.5, 0.6) is 0 Å². The van der Waals surface area contributed by atoms with Crippen molar-refractivity contribution in [1.29, 1.82) is 0 Å². The molecule has 7 heavy (non-hydrogen) atoms. The van der Waals surface area contributed by atoms with Crippen LogP contribution in [0.3, 0.4) is 0 Å². The fraction of sp³-hybridized carbons (Fsp3) is 0.600. The van der Waals surface area contributed by atoms with E-state index in [4.69, 9.17) is 5.11 Å². The van der Waals surface area contributed by atoms with Gasteiger partial charge >= 0.3 is 0 Å². The molecule has 0 aromatic heterocycles. The van der Waals surface area contributed by atoms with E-state index in [0.717, 1.165) is 6.26 Å². The van der Waals surface area contributed by atoms with Gasteiger partial charge in [0.2, 0.25) is 0 Å². The lowest BCUT2D eigenvalue weighted by atomic mass is 10.8. The SMILES string of the molecule is CC=CO.CNC. The zero-order chi connectivity index (χ0) is 6.12. The van der Waals surface area contributed by atoms with E-state index in [2.05, 4.69) is 5.32 Å². The molecule has 0 unspecified atom stereocenters. The Morgan fingerprint density at radius 3 is 1.57 bits per heavy atom. The second kappa shape index (κ2) is 17.8. The van der Waals surface area contributed by atoms with E-state index < -0.39 is 0 Å². The van der Waals surface area contributed by atoms with Crippen LogP contribution in [0, 0.1) is 0 Å². The maximum absolute atomic E-state index is 7.69. The highest BCUT2D eigenvalue weighted by Crippen LogP contribution is 1.51. The summed E-state index contributed by atoms with van der Waals surface area (Å²) in [6, 6.07) is 0. The molecular formula is C5H13NO. The summed E-state index contributed by atoms with van der Waals surface area (Å²) in [5, 5.41) is 10.4. The molecule has 0 fully saturated rings. The van der Waals surface area contributed by atoms with E-state index in [0.29, 0.717) is 0 Å². The zero-order valence-electron chi connectivity index (χ0n) is 5.10. The summed E-state index contributed by atoms with van der Waals surface area (Å²) in [6.45, 7) is 1.75. The average molecular weight is 103 g/mol. The molecule has 0 aromatic rings. The first-order valence-corrected chi connectivity index (χ1v) is 2.17. The van der Waals surface area contributed by atoms with E-state index >= 15 is 0 Å². The van der Waals surface area contributed by atoms with Crippen LogP contribution in [0.1, 0.15) is 6.92 Å². The van der Waals surface area contributed by atoms with Gasteiger partial charge in [-0.15, -0.1) is 0 Å². The third-order valence-corrected chi connectivity index (χ3v) is 0.149. The Bertz CT molecular complexity index is 31.1. The molecule has 0 saturated heterocycles. The monoisotopic (exact) mass is 103 g/mol. The second-order valence-corrected chi connectivity index (χ2v) is 0.982. The number of allylic oxidation sites excluding steroid dienone is 1. The number of hydrogen-bond donors (Lipinski definition) is 2. The van der Waals surface area contributed by atoms with Crippen molar-refractivity contribution in [2.45, 2.75) is 6.92 Å². The van der Waals surface area contributed by atoms with Gasteiger partial charge in [-0.25, -0.2) is 0 Å². The molecule has 0 heterocycles. The van der Waals surface area contributed by atoms with Gasteiger partial charge in [-0.3, -0.25) is 0 Å². The van der Waals surface area contributed by atoms with Gasteiger partial charge in [0.05, 0.1) is 6.26 Å². The van der Waals surface area contributed by atoms with Crippen LogP contribution in [-0.2, 0) is 0 Å². The first kappa shape index (κ1) is 9.71. The molecule has 0 bridgehead atoms. The largest absolute Gasteiger partial charge is 0.516 e. The highest BCUT2D eigenvalue weighted by Gasteiger charge is 1.35. The molecule has 44 valence electrons. The lowest BCUT2D eigenvalue weighted by Gasteiger charge is -1.59. The number of rotatable bonds is 0. The van der Waals surface area contributed by atoms with Crippen LogP contribution in [0.25, 0.3) is 0 Å². The highest BCUT2D eigenvalue weighted by atomic mass is 16.2. The smallest absolute Gasteiger partial charge is 0.0748 e. The number of aliphatic hydroxyl groups excluding tert-OH is 1. The predicted molar refractivity (Wildman–Crippen MR) is 32.4 cm³/mol. The van der Waals surface area contributed by atoms with Gasteiger partial charge < -0.3 is 10.4 Å². The first-order valence-electron chi connectivity index (χ1n) is 2.17. The zero-order valence-corrected chi connectivity index (χ0v) is 5.10. The average Bonchev–Trinajstić information content (AvgIpc) is 1.69. The predicted octanol–water partition coefficient (Wildman–Crippen LogP) is 0.914. The van der Waals surface area contributed by atoms with Crippen LogP contribution in [-0.4, -0.2) is 19.2 Å². The molecule has 0 saturated carbocycles. The van der Waals surface area contributed by atoms with Crippen molar-refractivity contribution in [3.8, 4) is 0 Å². The van der Waals surface area contributed by atoms with Gasteiger partial charge in [-0.2, -0.15) is 0 Å². The Hall–Kier alpha value is -0.500. The van der Waals surface area contributed by atoms with Gasteiger partial charge in [0, 0.05) is 0 Å². The van der Waals surface area contributed by atoms with Gasteiger partial charge in [0.15, 0.2) is 0 Å². The topological polar surface area (TPSA) is 32.3 Å². The fourth-order valence-corrected chi connectivity index (χ4v) is 0. The number of hydrogen-bond acceptors (Lipinski definition) is 2. The minimum absolute atomic E-state index is 1.00. The Morgan fingerprint density at radius 1 is 1.43 bits per heavy atom. The van der Waals surface area contributed by atoms with Crippen molar-refractivity contribution >= 4 is 0 Å². The van der Waals surface area contributed by atoms with Crippen molar-refractivity contribution in [1.82, 2.24) is 5.32 Å². The van der Waals surface area contributed by atoms with Crippen LogP contribution in [0.2, 0.25) is 0 Å². The van der Waals surface area contributed by atoms with E-state index in [9.17, 15) is 0 Å². The molecule has 0 aliphatic carbocycles.